The molecule has 5 nitrogen and oxygen atoms in total. The van der Waals surface area contributed by atoms with Gasteiger partial charge in [0.1, 0.15) is 6.26 Å². The van der Waals surface area contributed by atoms with E-state index in [0.29, 0.717) is 12.1 Å². The lowest BCUT2D eigenvalue weighted by molar-refractivity contribution is 0.0783. The summed E-state index contributed by atoms with van der Waals surface area (Å²) in [4.78, 5) is 21.9. The molecule has 2 aliphatic heterocycles. The number of pyridine rings is 1. The Balaban J connectivity index is 1.43. The number of aromatic nitrogens is 1. The second kappa shape index (κ2) is 6.27. The van der Waals surface area contributed by atoms with Crippen molar-refractivity contribution in [3.63, 3.8) is 0 Å². The van der Waals surface area contributed by atoms with Gasteiger partial charge in [-0.05, 0) is 30.2 Å². The minimum absolute atomic E-state index is 0.0413. The summed E-state index contributed by atoms with van der Waals surface area (Å²) in [6.45, 7) is 3.20. The summed E-state index contributed by atoms with van der Waals surface area (Å²) >= 11 is 0. The van der Waals surface area contributed by atoms with Crippen LogP contribution < -0.4 is 4.90 Å². The average molecular weight is 359 g/mol. The number of nitrogens with zero attached hydrogens (tertiary/aromatic N) is 3. The van der Waals surface area contributed by atoms with Gasteiger partial charge in [-0.25, -0.2) is 0 Å². The number of carbonyl (C=O) groups excluding carboxylic acids is 1. The maximum atomic E-state index is 12.8. The van der Waals surface area contributed by atoms with Gasteiger partial charge in [-0.3, -0.25) is 9.78 Å². The Morgan fingerprint density at radius 3 is 2.81 bits per heavy atom. The quantitative estimate of drug-likeness (QED) is 0.718. The molecule has 0 bridgehead atoms. The fourth-order valence-corrected chi connectivity index (χ4v) is 4.47. The van der Waals surface area contributed by atoms with E-state index in [0.717, 1.165) is 31.7 Å². The van der Waals surface area contributed by atoms with Crippen molar-refractivity contribution >= 4 is 11.6 Å². The normalized spacial score (nSPS) is 21.0. The molecule has 1 saturated heterocycles. The standard InChI is InChI=1S/C22H21N3O2/c26-21(18-8-12-27-14-18)24-11-9-22(15-24)16-25(13-17-5-2-1-3-6-17)19-7-4-10-23-20(19)22/h1-8,10,12,14H,9,11,13,15-16H2/t22-/m1/s1. The molecule has 2 aromatic heterocycles. The molecule has 1 atom stereocenters. The van der Waals surface area contributed by atoms with Crippen molar-refractivity contribution in [2.75, 3.05) is 24.5 Å². The highest BCUT2D eigenvalue weighted by Gasteiger charge is 2.49. The van der Waals surface area contributed by atoms with E-state index in [1.54, 1.807) is 12.3 Å². The summed E-state index contributed by atoms with van der Waals surface area (Å²) in [5.74, 6) is 0.0413. The Hall–Kier alpha value is -3.08. The number of fused-ring (bicyclic) bond motifs is 2. The third-order valence-electron chi connectivity index (χ3n) is 5.75. The molecule has 1 aromatic carbocycles. The maximum Gasteiger partial charge on any atom is 0.257 e. The van der Waals surface area contributed by atoms with Gasteiger partial charge in [-0.1, -0.05) is 30.3 Å². The van der Waals surface area contributed by atoms with Crippen molar-refractivity contribution in [3.05, 3.63) is 84.1 Å². The van der Waals surface area contributed by atoms with Crippen molar-refractivity contribution < 1.29 is 9.21 Å². The summed E-state index contributed by atoms with van der Waals surface area (Å²) in [7, 11) is 0. The molecule has 2 aliphatic rings. The number of amides is 1. The zero-order valence-electron chi connectivity index (χ0n) is 15.0. The summed E-state index contributed by atoms with van der Waals surface area (Å²) in [6, 6.07) is 16.4. The van der Waals surface area contributed by atoms with Crippen LogP contribution >= 0.6 is 0 Å². The number of benzene rings is 1. The Labute approximate surface area is 158 Å². The highest BCUT2D eigenvalue weighted by Crippen LogP contribution is 2.45. The molecule has 0 saturated carbocycles. The van der Waals surface area contributed by atoms with Gasteiger partial charge in [0.2, 0.25) is 0 Å². The lowest BCUT2D eigenvalue weighted by Gasteiger charge is -2.25. The van der Waals surface area contributed by atoms with Crippen LogP contribution in [0.15, 0.2) is 71.7 Å². The summed E-state index contributed by atoms with van der Waals surface area (Å²) in [5.41, 5.74) is 4.13. The Morgan fingerprint density at radius 2 is 2.00 bits per heavy atom. The predicted octanol–water partition coefficient (Wildman–Crippen LogP) is 3.48. The molecule has 27 heavy (non-hydrogen) atoms. The van der Waals surface area contributed by atoms with Gasteiger partial charge < -0.3 is 14.2 Å². The molecule has 0 N–H and O–H groups in total. The molecule has 5 rings (SSSR count). The number of carbonyl (C=O) groups is 1. The highest BCUT2D eigenvalue weighted by molar-refractivity contribution is 5.94. The Bertz CT molecular complexity index is 955. The van der Waals surface area contributed by atoms with Crippen molar-refractivity contribution in [2.45, 2.75) is 18.4 Å². The fourth-order valence-electron chi connectivity index (χ4n) is 4.47. The molecule has 3 aromatic rings. The average Bonchev–Trinajstić information content (AvgIpc) is 3.44. The van der Waals surface area contributed by atoms with Crippen LogP contribution in [-0.4, -0.2) is 35.4 Å². The number of hydrogen-bond donors (Lipinski definition) is 0. The van der Waals surface area contributed by atoms with Crippen LogP contribution in [0.25, 0.3) is 0 Å². The second-order valence-electron chi connectivity index (χ2n) is 7.48. The van der Waals surface area contributed by atoms with Crippen LogP contribution in [-0.2, 0) is 12.0 Å². The summed E-state index contributed by atoms with van der Waals surface area (Å²) in [5, 5.41) is 0. The van der Waals surface area contributed by atoms with Crippen molar-refractivity contribution in [1.82, 2.24) is 9.88 Å². The van der Waals surface area contributed by atoms with Crippen LogP contribution in [0.2, 0.25) is 0 Å². The van der Waals surface area contributed by atoms with Gasteiger partial charge in [0.15, 0.2) is 0 Å². The SMILES string of the molecule is O=C(c1ccoc1)N1CC[C@@]2(C1)CN(Cc1ccccc1)c1cccnc12. The first kappa shape index (κ1) is 16.1. The molecule has 0 radical (unpaired) electrons. The highest BCUT2D eigenvalue weighted by atomic mass is 16.3. The molecular weight excluding hydrogens is 338 g/mol. The molecule has 1 spiro atoms. The van der Waals surface area contributed by atoms with Gasteiger partial charge in [-0.15, -0.1) is 0 Å². The number of hydrogen-bond acceptors (Lipinski definition) is 4. The van der Waals surface area contributed by atoms with Gasteiger partial charge in [0, 0.05) is 32.4 Å². The predicted molar refractivity (Wildman–Crippen MR) is 103 cm³/mol. The van der Waals surface area contributed by atoms with E-state index in [-0.39, 0.29) is 11.3 Å². The summed E-state index contributed by atoms with van der Waals surface area (Å²) < 4.78 is 5.08. The number of anilines is 1. The smallest absolute Gasteiger partial charge is 0.257 e. The van der Waals surface area contributed by atoms with Crippen LogP contribution in [0.3, 0.4) is 0 Å². The zero-order valence-corrected chi connectivity index (χ0v) is 15.0. The largest absolute Gasteiger partial charge is 0.472 e. The molecule has 1 amide bonds. The van der Waals surface area contributed by atoms with Crippen molar-refractivity contribution in [3.8, 4) is 0 Å². The van der Waals surface area contributed by atoms with Crippen molar-refractivity contribution in [1.29, 1.82) is 0 Å². The maximum absolute atomic E-state index is 12.8. The van der Waals surface area contributed by atoms with Crippen LogP contribution in [0.5, 0.6) is 0 Å². The van der Waals surface area contributed by atoms with Crippen LogP contribution in [0, 0.1) is 0 Å². The Morgan fingerprint density at radius 1 is 1.11 bits per heavy atom. The van der Waals surface area contributed by atoms with Gasteiger partial charge in [0.25, 0.3) is 5.91 Å². The van der Waals surface area contributed by atoms with E-state index in [1.807, 2.05) is 23.2 Å². The minimum Gasteiger partial charge on any atom is -0.472 e. The molecule has 0 unspecified atom stereocenters. The number of likely N-dealkylation sites (tertiary alicyclic amines) is 1. The zero-order chi connectivity index (χ0) is 18.3. The van der Waals surface area contributed by atoms with E-state index in [1.165, 1.54) is 17.5 Å². The van der Waals surface area contributed by atoms with Crippen molar-refractivity contribution in [2.24, 2.45) is 0 Å². The number of furan rings is 1. The van der Waals surface area contributed by atoms with Crippen LogP contribution in [0.1, 0.15) is 28.0 Å². The minimum atomic E-state index is -0.0925. The first-order valence-electron chi connectivity index (χ1n) is 9.31. The monoisotopic (exact) mass is 359 g/mol. The fraction of sp³-hybridized carbons (Fsp3) is 0.273. The topological polar surface area (TPSA) is 49.6 Å². The first-order chi connectivity index (χ1) is 13.3. The molecule has 0 aliphatic carbocycles. The first-order valence-corrected chi connectivity index (χ1v) is 9.31. The number of rotatable bonds is 3. The van der Waals surface area contributed by atoms with E-state index in [9.17, 15) is 4.79 Å². The Kier molecular flexibility index (Phi) is 3.74. The van der Waals surface area contributed by atoms with Crippen LogP contribution in [0.4, 0.5) is 5.69 Å². The third-order valence-corrected chi connectivity index (χ3v) is 5.75. The lowest BCUT2D eigenvalue weighted by atomic mass is 9.85. The van der Waals surface area contributed by atoms with Gasteiger partial charge in [-0.2, -0.15) is 0 Å². The van der Waals surface area contributed by atoms with E-state index in [4.69, 9.17) is 9.40 Å². The van der Waals surface area contributed by atoms with Gasteiger partial charge >= 0.3 is 0 Å². The lowest BCUT2D eigenvalue weighted by Crippen LogP contribution is -2.38. The molecular formula is C22H21N3O2. The van der Waals surface area contributed by atoms with Gasteiger partial charge in [0.05, 0.1) is 28.6 Å². The molecule has 136 valence electrons. The third kappa shape index (κ3) is 2.70. The van der Waals surface area contributed by atoms with E-state index < -0.39 is 0 Å². The molecule has 4 heterocycles. The molecule has 5 heteroatoms. The van der Waals surface area contributed by atoms with E-state index in [2.05, 4.69) is 35.2 Å². The summed E-state index contributed by atoms with van der Waals surface area (Å²) in [6.07, 6.45) is 5.88. The van der Waals surface area contributed by atoms with E-state index >= 15 is 0 Å². The second-order valence-corrected chi connectivity index (χ2v) is 7.48. The molecule has 1 fully saturated rings.